The van der Waals surface area contributed by atoms with Gasteiger partial charge in [0, 0.05) is 6.07 Å². The number of nitrogens with zero attached hydrogens (tertiary/aromatic N) is 1. The summed E-state index contributed by atoms with van der Waals surface area (Å²) in [4.78, 5) is 0. The third-order valence-electron chi connectivity index (χ3n) is 2.48. The molecule has 0 amide bonds. The van der Waals surface area contributed by atoms with E-state index in [2.05, 4.69) is 19.9 Å². The molecular formula is C13H17NO2. The second-order valence-electron chi connectivity index (χ2n) is 3.83. The van der Waals surface area contributed by atoms with Gasteiger partial charge in [0.15, 0.2) is 0 Å². The summed E-state index contributed by atoms with van der Waals surface area (Å²) in [5.74, 6) is 1.85. The molecule has 0 fully saturated rings. The second-order valence-corrected chi connectivity index (χ2v) is 3.83. The van der Waals surface area contributed by atoms with Crippen molar-refractivity contribution in [2.24, 2.45) is 5.92 Å². The minimum absolute atomic E-state index is 0.511. The molecule has 0 bridgehead atoms. The normalized spacial score (nSPS) is 11.6. The Morgan fingerprint density at radius 3 is 2.56 bits per heavy atom. The number of hydrogen-bond donors (Lipinski definition) is 0. The standard InChI is InChI=1S/C13H17NO2/c1-4-10(2)9-16-13-6-11(8-14)5-12(7-13)15-3/h5-7,10H,4,9H2,1-3H3. The minimum atomic E-state index is 0.511. The summed E-state index contributed by atoms with van der Waals surface area (Å²) in [7, 11) is 1.58. The first-order valence-electron chi connectivity index (χ1n) is 5.41. The van der Waals surface area contributed by atoms with Gasteiger partial charge in [-0.3, -0.25) is 0 Å². The Labute approximate surface area is 96.6 Å². The van der Waals surface area contributed by atoms with E-state index in [4.69, 9.17) is 14.7 Å². The summed E-state index contributed by atoms with van der Waals surface area (Å²) in [5, 5.41) is 8.84. The fourth-order valence-electron chi connectivity index (χ4n) is 1.19. The molecule has 0 saturated carbocycles. The van der Waals surface area contributed by atoms with Crippen molar-refractivity contribution < 1.29 is 9.47 Å². The van der Waals surface area contributed by atoms with Crippen LogP contribution in [0.25, 0.3) is 0 Å². The van der Waals surface area contributed by atoms with Gasteiger partial charge in [-0.1, -0.05) is 20.3 Å². The molecule has 0 heterocycles. The largest absolute Gasteiger partial charge is 0.497 e. The second kappa shape index (κ2) is 6.02. The Morgan fingerprint density at radius 2 is 2.00 bits per heavy atom. The van der Waals surface area contributed by atoms with Gasteiger partial charge in [0.05, 0.1) is 25.3 Å². The predicted molar refractivity (Wildman–Crippen MR) is 62.7 cm³/mol. The zero-order chi connectivity index (χ0) is 12.0. The van der Waals surface area contributed by atoms with Gasteiger partial charge in [-0.05, 0) is 18.1 Å². The molecule has 0 radical (unpaired) electrons. The Balaban J connectivity index is 2.76. The van der Waals surface area contributed by atoms with Crippen molar-refractivity contribution in [3.8, 4) is 17.6 Å². The fraction of sp³-hybridized carbons (Fsp3) is 0.462. The lowest BCUT2D eigenvalue weighted by Gasteiger charge is -2.12. The van der Waals surface area contributed by atoms with Gasteiger partial charge in [-0.25, -0.2) is 0 Å². The van der Waals surface area contributed by atoms with Crippen LogP contribution in [0, 0.1) is 17.2 Å². The Hall–Kier alpha value is -1.69. The van der Waals surface area contributed by atoms with Crippen LogP contribution in [0.4, 0.5) is 0 Å². The number of rotatable bonds is 5. The minimum Gasteiger partial charge on any atom is -0.497 e. The number of benzene rings is 1. The highest BCUT2D eigenvalue weighted by atomic mass is 16.5. The predicted octanol–water partition coefficient (Wildman–Crippen LogP) is 2.99. The van der Waals surface area contributed by atoms with Crippen molar-refractivity contribution >= 4 is 0 Å². The molecule has 0 aliphatic heterocycles. The smallest absolute Gasteiger partial charge is 0.124 e. The van der Waals surface area contributed by atoms with Gasteiger partial charge in [0.2, 0.25) is 0 Å². The van der Waals surface area contributed by atoms with Gasteiger partial charge in [-0.15, -0.1) is 0 Å². The summed E-state index contributed by atoms with van der Waals surface area (Å²) in [6.45, 7) is 4.92. The highest BCUT2D eigenvalue weighted by Crippen LogP contribution is 2.22. The molecule has 0 saturated heterocycles. The Bertz CT molecular complexity index is 382. The number of ether oxygens (including phenoxy) is 2. The maximum absolute atomic E-state index is 8.84. The van der Waals surface area contributed by atoms with E-state index in [1.54, 1.807) is 25.3 Å². The quantitative estimate of drug-likeness (QED) is 0.764. The Morgan fingerprint density at radius 1 is 1.31 bits per heavy atom. The van der Waals surface area contributed by atoms with Crippen LogP contribution in [-0.2, 0) is 0 Å². The van der Waals surface area contributed by atoms with E-state index in [1.807, 2.05) is 0 Å². The van der Waals surface area contributed by atoms with Crippen LogP contribution in [0.5, 0.6) is 11.5 Å². The molecular weight excluding hydrogens is 202 g/mol. The van der Waals surface area contributed by atoms with Crippen molar-refractivity contribution in [2.75, 3.05) is 13.7 Å². The third kappa shape index (κ3) is 3.47. The van der Waals surface area contributed by atoms with Crippen LogP contribution in [-0.4, -0.2) is 13.7 Å². The maximum Gasteiger partial charge on any atom is 0.124 e. The van der Waals surface area contributed by atoms with Crippen LogP contribution in [0.15, 0.2) is 18.2 Å². The average molecular weight is 219 g/mol. The molecule has 0 aromatic heterocycles. The molecule has 1 aromatic carbocycles. The molecule has 1 aromatic rings. The molecule has 86 valence electrons. The molecule has 1 unspecified atom stereocenters. The summed E-state index contributed by atoms with van der Waals surface area (Å²) in [5.41, 5.74) is 0.554. The highest BCUT2D eigenvalue weighted by Gasteiger charge is 2.04. The van der Waals surface area contributed by atoms with Gasteiger partial charge >= 0.3 is 0 Å². The summed E-state index contributed by atoms with van der Waals surface area (Å²) >= 11 is 0. The van der Waals surface area contributed by atoms with Crippen molar-refractivity contribution in [3.63, 3.8) is 0 Å². The van der Waals surface area contributed by atoms with Crippen LogP contribution < -0.4 is 9.47 Å². The fourth-order valence-corrected chi connectivity index (χ4v) is 1.19. The first kappa shape index (κ1) is 12.4. The van der Waals surface area contributed by atoms with Gasteiger partial charge in [0.25, 0.3) is 0 Å². The molecule has 1 rings (SSSR count). The first-order chi connectivity index (χ1) is 7.69. The SMILES string of the molecule is CCC(C)COc1cc(C#N)cc(OC)c1. The molecule has 0 spiro atoms. The van der Waals surface area contributed by atoms with E-state index in [1.165, 1.54) is 0 Å². The number of methoxy groups -OCH3 is 1. The zero-order valence-electron chi connectivity index (χ0n) is 9.99. The van der Waals surface area contributed by atoms with Crippen LogP contribution >= 0.6 is 0 Å². The molecule has 0 N–H and O–H groups in total. The van der Waals surface area contributed by atoms with Gasteiger partial charge in [-0.2, -0.15) is 5.26 Å². The van der Waals surface area contributed by atoms with Gasteiger partial charge < -0.3 is 9.47 Å². The van der Waals surface area contributed by atoms with Gasteiger partial charge in [0.1, 0.15) is 11.5 Å². The van der Waals surface area contributed by atoms with E-state index >= 15 is 0 Å². The summed E-state index contributed by atoms with van der Waals surface area (Å²) in [6, 6.07) is 7.30. The maximum atomic E-state index is 8.84. The zero-order valence-corrected chi connectivity index (χ0v) is 9.99. The molecule has 16 heavy (non-hydrogen) atoms. The Kier molecular flexibility index (Phi) is 4.65. The lowest BCUT2D eigenvalue weighted by molar-refractivity contribution is 0.255. The molecule has 0 aliphatic rings. The van der Waals surface area contributed by atoms with E-state index in [0.29, 0.717) is 29.6 Å². The van der Waals surface area contributed by atoms with E-state index in [9.17, 15) is 0 Å². The van der Waals surface area contributed by atoms with Crippen LogP contribution in [0.3, 0.4) is 0 Å². The molecule has 1 atom stereocenters. The summed E-state index contributed by atoms with van der Waals surface area (Å²) in [6.07, 6.45) is 1.08. The van der Waals surface area contributed by atoms with Crippen molar-refractivity contribution in [1.82, 2.24) is 0 Å². The molecule has 3 heteroatoms. The van der Waals surface area contributed by atoms with Crippen molar-refractivity contribution in [1.29, 1.82) is 5.26 Å². The lowest BCUT2D eigenvalue weighted by Crippen LogP contribution is -2.07. The van der Waals surface area contributed by atoms with Crippen molar-refractivity contribution in [3.05, 3.63) is 23.8 Å². The topological polar surface area (TPSA) is 42.2 Å². The molecule has 3 nitrogen and oxygen atoms in total. The average Bonchev–Trinajstić information content (AvgIpc) is 2.35. The number of nitriles is 1. The lowest BCUT2D eigenvalue weighted by atomic mass is 10.1. The van der Waals surface area contributed by atoms with Crippen LogP contribution in [0.1, 0.15) is 25.8 Å². The van der Waals surface area contributed by atoms with E-state index in [-0.39, 0.29) is 0 Å². The van der Waals surface area contributed by atoms with Crippen LogP contribution in [0.2, 0.25) is 0 Å². The highest BCUT2D eigenvalue weighted by molar-refractivity contribution is 5.43. The first-order valence-corrected chi connectivity index (χ1v) is 5.41. The van der Waals surface area contributed by atoms with E-state index in [0.717, 1.165) is 6.42 Å². The third-order valence-corrected chi connectivity index (χ3v) is 2.48. The monoisotopic (exact) mass is 219 g/mol. The summed E-state index contributed by atoms with van der Waals surface area (Å²) < 4.78 is 10.7. The van der Waals surface area contributed by atoms with E-state index < -0.39 is 0 Å². The number of hydrogen-bond acceptors (Lipinski definition) is 3. The van der Waals surface area contributed by atoms with Crippen molar-refractivity contribution in [2.45, 2.75) is 20.3 Å². The molecule has 0 aliphatic carbocycles.